The third-order valence-electron chi connectivity index (χ3n) is 4.82. The van der Waals surface area contributed by atoms with Crippen molar-refractivity contribution in [1.29, 1.82) is 5.26 Å². The zero-order valence-corrected chi connectivity index (χ0v) is 20.5. The number of ether oxygens (including phenoxy) is 1. The van der Waals surface area contributed by atoms with Gasteiger partial charge in [-0.05, 0) is 54.1 Å². The number of nitrogens with zero attached hydrogens (tertiary/aromatic N) is 2. The molecule has 9 nitrogen and oxygen atoms in total. The maximum atomic E-state index is 12.6. The Morgan fingerprint density at radius 1 is 1.14 bits per heavy atom. The average Bonchev–Trinajstić information content (AvgIpc) is 3.39. The Morgan fingerprint density at radius 3 is 2.58 bits per heavy atom. The zero-order chi connectivity index (χ0) is 26.0. The molecule has 3 rings (SSSR count). The van der Waals surface area contributed by atoms with Gasteiger partial charge < -0.3 is 14.1 Å². The van der Waals surface area contributed by atoms with E-state index in [9.17, 15) is 18.0 Å². The van der Waals surface area contributed by atoms with Crippen LogP contribution in [0.1, 0.15) is 17.7 Å². The Bertz CT molecular complexity index is 1360. The van der Waals surface area contributed by atoms with Crippen LogP contribution < -0.4 is 9.62 Å². The van der Waals surface area contributed by atoms with Crippen molar-refractivity contribution in [3.8, 4) is 6.07 Å². The van der Waals surface area contributed by atoms with Gasteiger partial charge in [0.1, 0.15) is 5.76 Å². The maximum absolute atomic E-state index is 12.6. The summed E-state index contributed by atoms with van der Waals surface area (Å²) >= 11 is 5.99. The molecule has 3 aromatic rings. The molecule has 0 spiro atoms. The highest BCUT2D eigenvalue weighted by Crippen LogP contribution is 2.20. The fourth-order valence-corrected chi connectivity index (χ4v) is 4.23. The van der Waals surface area contributed by atoms with E-state index in [-0.39, 0.29) is 24.4 Å². The van der Waals surface area contributed by atoms with Gasteiger partial charge in [0.15, 0.2) is 6.61 Å². The molecule has 11 heteroatoms. The summed E-state index contributed by atoms with van der Waals surface area (Å²) in [4.78, 5) is 26.1. The average molecular weight is 528 g/mol. The number of benzene rings is 2. The molecule has 1 heterocycles. The van der Waals surface area contributed by atoms with Gasteiger partial charge in [0.05, 0.1) is 30.2 Å². The Morgan fingerprint density at radius 2 is 1.92 bits per heavy atom. The van der Waals surface area contributed by atoms with E-state index in [4.69, 9.17) is 26.0 Å². The molecule has 0 fully saturated rings. The van der Waals surface area contributed by atoms with E-state index in [0.717, 1.165) is 6.08 Å². The Hall–Kier alpha value is -3.91. The second-order valence-corrected chi connectivity index (χ2v) is 9.55. The second kappa shape index (κ2) is 12.7. The minimum Gasteiger partial charge on any atom is -0.468 e. The number of carbonyl (C=O) groups is 2. The number of amides is 1. The smallest absolute Gasteiger partial charge is 0.331 e. The largest absolute Gasteiger partial charge is 0.468 e. The van der Waals surface area contributed by atoms with Gasteiger partial charge in [0.2, 0.25) is 10.0 Å². The lowest BCUT2D eigenvalue weighted by atomic mass is 10.2. The highest BCUT2D eigenvalue weighted by Gasteiger charge is 2.17. The van der Waals surface area contributed by atoms with E-state index in [1.807, 2.05) is 6.07 Å². The Kier molecular flexibility index (Phi) is 9.41. The van der Waals surface area contributed by atoms with Crippen LogP contribution >= 0.6 is 11.6 Å². The lowest BCUT2D eigenvalue weighted by Crippen LogP contribution is -2.35. The summed E-state index contributed by atoms with van der Waals surface area (Å²) in [6.45, 7) is -0.388. The molecule has 2 aromatic carbocycles. The van der Waals surface area contributed by atoms with Gasteiger partial charge >= 0.3 is 5.97 Å². The molecule has 0 atom stereocenters. The SMILES string of the molecule is N#CCCN(C(=O)COC(=O)/C=C/c1ccc(S(=O)(=O)NCc2ccco2)cc1)c1cccc(Cl)c1. The number of rotatable bonds is 11. The molecule has 1 amide bonds. The molecule has 0 aliphatic rings. The number of carbonyl (C=O) groups excluding carboxylic acids is 2. The fourth-order valence-electron chi connectivity index (χ4n) is 3.05. The normalized spacial score (nSPS) is 11.2. The van der Waals surface area contributed by atoms with Crippen molar-refractivity contribution in [3.63, 3.8) is 0 Å². The van der Waals surface area contributed by atoms with E-state index < -0.39 is 28.5 Å². The van der Waals surface area contributed by atoms with Crippen LogP contribution in [0, 0.1) is 11.3 Å². The third kappa shape index (κ3) is 7.81. The van der Waals surface area contributed by atoms with E-state index in [1.165, 1.54) is 41.5 Å². The van der Waals surface area contributed by atoms with Crippen molar-refractivity contribution in [3.05, 3.63) is 89.3 Å². The van der Waals surface area contributed by atoms with E-state index in [1.54, 1.807) is 36.4 Å². The molecule has 0 saturated heterocycles. The number of sulfonamides is 1. The van der Waals surface area contributed by atoms with Crippen LogP contribution in [0.25, 0.3) is 6.08 Å². The quantitative estimate of drug-likeness (QED) is 0.295. The van der Waals surface area contributed by atoms with Gasteiger partial charge in [-0.2, -0.15) is 5.26 Å². The number of esters is 1. The van der Waals surface area contributed by atoms with Gasteiger partial charge in [0, 0.05) is 23.3 Å². The number of hydrogen-bond donors (Lipinski definition) is 1. The van der Waals surface area contributed by atoms with E-state index in [2.05, 4.69) is 4.72 Å². The first-order valence-corrected chi connectivity index (χ1v) is 12.5. The van der Waals surface area contributed by atoms with Crippen LogP contribution in [0.3, 0.4) is 0 Å². The molecule has 0 aliphatic heterocycles. The van der Waals surface area contributed by atoms with Gasteiger partial charge in [-0.1, -0.05) is 29.8 Å². The van der Waals surface area contributed by atoms with Crippen LogP contribution in [0.15, 0.2) is 82.3 Å². The third-order valence-corrected chi connectivity index (χ3v) is 6.48. The highest BCUT2D eigenvalue weighted by molar-refractivity contribution is 7.89. The molecular weight excluding hydrogens is 506 g/mol. The van der Waals surface area contributed by atoms with Gasteiger partial charge in [0.25, 0.3) is 5.91 Å². The minimum atomic E-state index is -3.74. The summed E-state index contributed by atoms with van der Waals surface area (Å²) in [5, 5.41) is 9.30. The standard InChI is InChI=1S/C25H22ClN3O6S/c26-20-4-1-5-21(16-20)29(14-3-13-27)24(30)18-35-25(31)12-9-19-7-10-23(11-8-19)36(32,33)28-17-22-6-2-15-34-22/h1-2,4-12,15-16,28H,3,14,17-18H2/b12-9+. The van der Waals surface area contributed by atoms with Gasteiger partial charge in [-0.3, -0.25) is 4.79 Å². The summed E-state index contributed by atoms with van der Waals surface area (Å²) in [6.07, 6.45) is 4.11. The maximum Gasteiger partial charge on any atom is 0.331 e. The Labute approximate surface area is 213 Å². The van der Waals surface area contributed by atoms with Gasteiger partial charge in [-0.25, -0.2) is 17.9 Å². The molecule has 0 bridgehead atoms. The van der Waals surface area contributed by atoms with Crippen LogP contribution in [0.4, 0.5) is 5.69 Å². The molecule has 0 unspecified atom stereocenters. The number of furan rings is 1. The van der Waals surface area contributed by atoms with Gasteiger partial charge in [-0.15, -0.1) is 0 Å². The van der Waals surface area contributed by atoms with E-state index >= 15 is 0 Å². The summed E-state index contributed by atoms with van der Waals surface area (Å²) in [5.41, 5.74) is 1.04. The van der Waals surface area contributed by atoms with Crippen molar-refractivity contribution in [1.82, 2.24) is 4.72 Å². The minimum absolute atomic E-state index is 0.0206. The predicted molar refractivity (Wildman–Crippen MR) is 133 cm³/mol. The number of nitrogens with one attached hydrogen (secondary N) is 1. The molecule has 1 N–H and O–H groups in total. The van der Waals surface area contributed by atoms with Crippen molar-refractivity contribution in [2.75, 3.05) is 18.1 Å². The summed E-state index contributed by atoms with van der Waals surface area (Å²) in [7, 11) is -3.74. The van der Waals surface area contributed by atoms with Crippen LogP contribution in [0.2, 0.25) is 5.02 Å². The molecular formula is C25H22ClN3O6S. The Balaban J connectivity index is 1.55. The molecule has 36 heavy (non-hydrogen) atoms. The second-order valence-electron chi connectivity index (χ2n) is 7.35. The highest BCUT2D eigenvalue weighted by atomic mass is 35.5. The summed E-state index contributed by atoms with van der Waals surface area (Å²) < 4.78 is 37.4. The lowest BCUT2D eigenvalue weighted by Gasteiger charge is -2.21. The first kappa shape index (κ1) is 26.7. The first-order chi connectivity index (χ1) is 17.3. The van der Waals surface area contributed by atoms with Crippen LogP contribution in [-0.2, 0) is 30.9 Å². The number of anilines is 1. The molecule has 186 valence electrons. The number of halogens is 1. The monoisotopic (exact) mass is 527 g/mol. The predicted octanol–water partition coefficient (Wildman–Crippen LogP) is 3.91. The molecule has 0 saturated carbocycles. The number of hydrogen-bond acceptors (Lipinski definition) is 7. The lowest BCUT2D eigenvalue weighted by molar-refractivity contribution is -0.142. The topological polar surface area (TPSA) is 130 Å². The molecule has 0 aliphatic carbocycles. The van der Waals surface area contributed by atoms with Crippen molar-refractivity contribution in [2.24, 2.45) is 0 Å². The van der Waals surface area contributed by atoms with E-state index in [0.29, 0.717) is 22.0 Å². The van der Waals surface area contributed by atoms with Crippen LogP contribution in [-0.4, -0.2) is 33.4 Å². The van der Waals surface area contributed by atoms with Crippen LogP contribution in [0.5, 0.6) is 0 Å². The molecule has 1 aromatic heterocycles. The summed E-state index contributed by atoms with van der Waals surface area (Å²) in [6, 6.07) is 17.7. The summed E-state index contributed by atoms with van der Waals surface area (Å²) in [5.74, 6) is -0.784. The number of nitriles is 1. The first-order valence-electron chi connectivity index (χ1n) is 10.7. The van der Waals surface area contributed by atoms with Crippen molar-refractivity contribution >= 4 is 45.3 Å². The zero-order valence-electron chi connectivity index (χ0n) is 19.0. The fraction of sp³-hybridized carbons (Fsp3) is 0.160. The van der Waals surface area contributed by atoms with Crippen molar-refractivity contribution in [2.45, 2.75) is 17.9 Å². The molecule has 0 radical (unpaired) electrons. The van der Waals surface area contributed by atoms with Crippen molar-refractivity contribution < 1.29 is 27.2 Å².